The molecule has 1 aliphatic carbocycles. The molecule has 0 spiro atoms. The van der Waals surface area contributed by atoms with Crippen LogP contribution in [-0.4, -0.2) is 32.1 Å². The van der Waals surface area contributed by atoms with Crippen LogP contribution in [0.5, 0.6) is 11.5 Å². The molecule has 3 rings (SSSR count). The van der Waals surface area contributed by atoms with Crippen molar-refractivity contribution in [3.8, 4) is 11.5 Å². The third-order valence-electron chi connectivity index (χ3n) is 5.55. The molecule has 30 heavy (non-hydrogen) atoms. The smallest absolute Gasteiger partial charge is 0.337 e. The lowest BCUT2D eigenvalue weighted by Gasteiger charge is -2.39. The van der Waals surface area contributed by atoms with Crippen LogP contribution < -0.4 is 14.8 Å². The summed E-state index contributed by atoms with van der Waals surface area (Å²) in [5.74, 6) is 0.258. The van der Waals surface area contributed by atoms with Gasteiger partial charge in [0.25, 0.3) is 0 Å². The van der Waals surface area contributed by atoms with Crippen molar-refractivity contribution in [1.82, 2.24) is 5.32 Å². The van der Waals surface area contributed by atoms with Crippen molar-refractivity contribution in [1.29, 1.82) is 0 Å². The maximum atomic E-state index is 13.3. The highest BCUT2D eigenvalue weighted by atomic mass is 16.5. The topological polar surface area (TPSA) is 73.9 Å². The molecule has 0 amide bonds. The molecule has 0 radical (unpaired) electrons. The Morgan fingerprint density at radius 3 is 2.47 bits per heavy atom. The second-order valence-electron chi connectivity index (χ2n) is 8.99. The highest BCUT2D eigenvalue weighted by Crippen LogP contribution is 2.49. The quantitative estimate of drug-likeness (QED) is 0.727. The van der Waals surface area contributed by atoms with E-state index in [-0.39, 0.29) is 17.3 Å². The lowest BCUT2D eigenvalue weighted by atomic mass is 9.68. The highest BCUT2D eigenvalue weighted by molar-refractivity contribution is 6.04. The van der Waals surface area contributed by atoms with Crippen molar-refractivity contribution < 1.29 is 23.8 Å². The Morgan fingerprint density at radius 1 is 1.17 bits per heavy atom. The molecule has 1 aromatic rings. The van der Waals surface area contributed by atoms with E-state index in [0.717, 1.165) is 17.7 Å². The number of Topliss-reactive ketones (excluding diaryl/α,β-unsaturated/α-hetero) is 1. The first-order chi connectivity index (χ1) is 14.1. The summed E-state index contributed by atoms with van der Waals surface area (Å²) in [6, 6.07) is 5.45. The van der Waals surface area contributed by atoms with Gasteiger partial charge in [-0.05, 0) is 38.7 Å². The number of carbonyl (C=O) groups excluding carboxylic acids is 2. The van der Waals surface area contributed by atoms with Gasteiger partial charge in [-0.25, -0.2) is 4.79 Å². The van der Waals surface area contributed by atoms with Crippen molar-refractivity contribution in [2.45, 2.75) is 59.5 Å². The minimum atomic E-state index is -0.558. The van der Waals surface area contributed by atoms with Gasteiger partial charge in [0.2, 0.25) is 0 Å². The Kier molecular flexibility index (Phi) is 5.97. The summed E-state index contributed by atoms with van der Waals surface area (Å²) in [6.07, 6.45) is 0.883. The van der Waals surface area contributed by atoms with Crippen molar-refractivity contribution in [2.75, 3.05) is 14.2 Å². The van der Waals surface area contributed by atoms with Crippen LogP contribution in [0.3, 0.4) is 0 Å². The Morgan fingerprint density at radius 2 is 1.87 bits per heavy atom. The predicted octanol–water partition coefficient (Wildman–Crippen LogP) is 4.26. The van der Waals surface area contributed by atoms with E-state index in [9.17, 15) is 9.59 Å². The van der Waals surface area contributed by atoms with Crippen LogP contribution in [0.25, 0.3) is 0 Å². The number of rotatable bonds is 5. The van der Waals surface area contributed by atoms with Gasteiger partial charge in [-0.3, -0.25) is 4.79 Å². The molecule has 0 saturated heterocycles. The van der Waals surface area contributed by atoms with Crippen LogP contribution in [0.4, 0.5) is 0 Å². The minimum absolute atomic E-state index is 0.0407. The van der Waals surface area contributed by atoms with Crippen LogP contribution in [-0.2, 0) is 14.3 Å². The Labute approximate surface area is 178 Å². The molecule has 0 saturated carbocycles. The molecule has 162 valence electrons. The summed E-state index contributed by atoms with van der Waals surface area (Å²) in [5, 5.41) is 3.34. The first-order valence-corrected chi connectivity index (χ1v) is 10.2. The zero-order valence-corrected chi connectivity index (χ0v) is 18.8. The van der Waals surface area contributed by atoms with E-state index in [1.165, 1.54) is 0 Å². The normalized spacial score (nSPS) is 20.7. The second-order valence-corrected chi connectivity index (χ2v) is 8.99. The van der Waals surface area contributed by atoms with Gasteiger partial charge in [0.05, 0.1) is 31.8 Å². The standard InChI is InChI=1S/C24H31NO5/c1-13(2)30-23(27)20-14(3)25-17-11-24(4,5)12-18(26)22(17)21(20)16-9-8-15(28-6)10-19(16)29-7/h8-10,13,21,25H,11-12H2,1-7H3. The molecule has 1 unspecified atom stereocenters. The second kappa shape index (κ2) is 8.17. The number of ether oxygens (including phenoxy) is 3. The largest absolute Gasteiger partial charge is 0.497 e. The van der Waals surface area contributed by atoms with Crippen LogP contribution >= 0.6 is 0 Å². The van der Waals surface area contributed by atoms with Gasteiger partial charge >= 0.3 is 5.97 Å². The number of ketones is 1. The van der Waals surface area contributed by atoms with Gasteiger partial charge < -0.3 is 19.5 Å². The molecular weight excluding hydrogens is 382 g/mol. The molecule has 1 aliphatic heterocycles. The molecule has 1 heterocycles. The number of methoxy groups -OCH3 is 2. The van der Waals surface area contributed by atoms with Crippen LogP contribution in [0.15, 0.2) is 40.7 Å². The molecule has 0 fully saturated rings. The summed E-state index contributed by atoms with van der Waals surface area (Å²) in [6.45, 7) is 9.65. The SMILES string of the molecule is COc1ccc(C2C(C(=O)OC(C)C)=C(C)NC3=C2C(=O)CC(C)(C)C3)c(OC)c1. The van der Waals surface area contributed by atoms with Crippen LogP contribution in [0.2, 0.25) is 0 Å². The third kappa shape index (κ3) is 4.09. The van der Waals surface area contributed by atoms with Crippen molar-refractivity contribution in [3.63, 3.8) is 0 Å². The lowest BCUT2D eigenvalue weighted by Crippen LogP contribution is -2.39. The van der Waals surface area contributed by atoms with E-state index in [0.29, 0.717) is 34.8 Å². The number of allylic oxidation sites excluding steroid dienone is 3. The number of hydrogen-bond donors (Lipinski definition) is 1. The Hall–Kier alpha value is -2.76. The number of dihydropyridines is 1. The number of esters is 1. The maximum absolute atomic E-state index is 13.3. The zero-order valence-electron chi connectivity index (χ0n) is 18.8. The van der Waals surface area contributed by atoms with Crippen LogP contribution in [0, 0.1) is 5.41 Å². The first-order valence-electron chi connectivity index (χ1n) is 10.2. The van der Waals surface area contributed by atoms with Crippen LogP contribution in [0.1, 0.15) is 58.9 Å². The number of hydrogen-bond acceptors (Lipinski definition) is 6. The van der Waals surface area contributed by atoms with E-state index >= 15 is 0 Å². The van der Waals surface area contributed by atoms with Gasteiger partial charge in [0, 0.05) is 35.0 Å². The van der Waals surface area contributed by atoms with E-state index in [1.807, 2.05) is 32.9 Å². The van der Waals surface area contributed by atoms with E-state index < -0.39 is 11.9 Å². The van der Waals surface area contributed by atoms with E-state index in [2.05, 4.69) is 19.2 Å². The fraction of sp³-hybridized carbons (Fsp3) is 0.500. The maximum Gasteiger partial charge on any atom is 0.337 e. The molecule has 1 N–H and O–H groups in total. The van der Waals surface area contributed by atoms with Gasteiger partial charge in [-0.2, -0.15) is 0 Å². The Bertz CT molecular complexity index is 939. The van der Waals surface area contributed by atoms with Crippen molar-refractivity contribution >= 4 is 11.8 Å². The molecule has 2 aliphatic rings. The van der Waals surface area contributed by atoms with Gasteiger partial charge in [-0.1, -0.05) is 19.9 Å². The van der Waals surface area contributed by atoms with Gasteiger partial charge in [0.15, 0.2) is 5.78 Å². The fourth-order valence-electron chi connectivity index (χ4n) is 4.35. The average molecular weight is 414 g/mol. The zero-order chi connectivity index (χ0) is 22.2. The molecule has 0 bridgehead atoms. The third-order valence-corrected chi connectivity index (χ3v) is 5.55. The summed E-state index contributed by atoms with van der Waals surface area (Å²) < 4.78 is 16.5. The molecule has 1 aromatic carbocycles. The lowest BCUT2D eigenvalue weighted by molar-refractivity contribution is -0.143. The van der Waals surface area contributed by atoms with Gasteiger partial charge in [-0.15, -0.1) is 0 Å². The molecular formula is C24H31NO5. The number of nitrogens with one attached hydrogen (secondary N) is 1. The average Bonchev–Trinajstić information content (AvgIpc) is 2.64. The van der Waals surface area contributed by atoms with Crippen molar-refractivity contribution in [3.05, 3.63) is 46.3 Å². The number of benzene rings is 1. The molecule has 6 nitrogen and oxygen atoms in total. The molecule has 6 heteroatoms. The fourth-order valence-corrected chi connectivity index (χ4v) is 4.35. The Balaban J connectivity index is 2.23. The summed E-state index contributed by atoms with van der Waals surface area (Å²) in [4.78, 5) is 26.4. The summed E-state index contributed by atoms with van der Waals surface area (Å²) in [7, 11) is 3.16. The molecule has 0 aromatic heterocycles. The summed E-state index contributed by atoms with van der Waals surface area (Å²) in [5.41, 5.74) is 3.24. The minimum Gasteiger partial charge on any atom is -0.497 e. The highest BCUT2D eigenvalue weighted by Gasteiger charge is 2.44. The van der Waals surface area contributed by atoms with E-state index in [4.69, 9.17) is 14.2 Å². The first kappa shape index (κ1) is 21.9. The van der Waals surface area contributed by atoms with Gasteiger partial charge in [0.1, 0.15) is 11.5 Å². The predicted molar refractivity (Wildman–Crippen MR) is 114 cm³/mol. The number of carbonyl (C=O) groups is 2. The summed E-state index contributed by atoms with van der Waals surface area (Å²) >= 11 is 0. The monoisotopic (exact) mass is 413 g/mol. The molecule has 1 atom stereocenters. The van der Waals surface area contributed by atoms with E-state index in [1.54, 1.807) is 20.3 Å². The van der Waals surface area contributed by atoms with Crippen molar-refractivity contribution in [2.24, 2.45) is 5.41 Å².